The molecule has 0 atom stereocenters. The number of anilines is 1. The summed E-state index contributed by atoms with van der Waals surface area (Å²) in [5.41, 5.74) is 5.64. The van der Waals surface area contributed by atoms with Crippen molar-refractivity contribution in [1.29, 1.82) is 0 Å². The van der Waals surface area contributed by atoms with Crippen molar-refractivity contribution in [3.05, 3.63) is 86.8 Å². The highest BCUT2D eigenvalue weighted by atomic mass is 35.5. The number of ether oxygens (including phenoxy) is 1. The summed E-state index contributed by atoms with van der Waals surface area (Å²) in [5.74, 6) is 0.703. The van der Waals surface area contributed by atoms with E-state index in [1.54, 1.807) is 6.21 Å². The number of halogens is 1. The molecule has 0 saturated heterocycles. The lowest BCUT2D eigenvalue weighted by molar-refractivity contribution is 0.306. The highest BCUT2D eigenvalue weighted by Gasteiger charge is 2.04. The smallest absolute Gasteiger partial charge is 0.285 e. The highest BCUT2D eigenvalue weighted by Crippen LogP contribution is 2.19. The molecule has 0 amide bonds. The zero-order chi connectivity index (χ0) is 18.4. The lowest BCUT2D eigenvalue weighted by Crippen LogP contribution is -2.10. The molecule has 0 aliphatic heterocycles. The minimum absolute atomic E-state index is 0.000978. The molecule has 0 spiro atoms. The Kier molecular flexibility index (Phi) is 5.66. The van der Waals surface area contributed by atoms with Gasteiger partial charge in [0.1, 0.15) is 23.1 Å². The topological polar surface area (TPSA) is 79.4 Å². The van der Waals surface area contributed by atoms with Crippen LogP contribution in [0.2, 0.25) is 5.02 Å². The molecule has 3 aromatic rings. The van der Waals surface area contributed by atoms with Gasteiger partial charge in [-0.2, -0.15) is 10.2 Å². The van der Waals surface area contributed by atoms with Gasteiger partial charge < -0.3 is 4.74 Å². The summed E-state index contributed by atoms with van der Waals surface area (Å²) in [6, 6.07) is 15.7. The summed E-state index contributed by atoms with van der Waals surface area (Å²) >= 11 is 5.89. The van der Waals surface area contributed by atoms with Crippen LogP contribution in [0.3, 0.4) is 0 Å². The van der Waals surface area contributed by atoms with Crippen molar-refractivity contribution in [2.45, 2.75) is 13.5 Å². The first-order chi connectivity index (χ1) is 12.6. The molecule has 26 heavy (non-hydrogen) atoms. The maximum atomic E-state index is 11.4. The predicted octanol–water partition coefficient (Wildman–Crippen LogP) is 3.76. The van der Waals surface area contributed by atoms with E-state index in [0.717, 1.165) is 11.1 Å². The Morgan fingerprint density at radius 3 is 2.81 bits per heavy atom. The Morgan fingerprint density at radius 2 is 2.00 bits per heavy atom. The number of aryl methyl sites for hydroxylation is 1. The molecule has 0 radical (unpaired) electrons. The molecule has 1 aromatic heterocycles. The third kappa shape index (κ3) is 4.49. The summed E-state index contributed by atoms with van der Waals surface area (Å²) in [6.45, 7) is 2.51. The molecule has 0 bridgehead atoms. The van der Waals surface area contributed by atoms with E-state index in [4.69, 9.17) is 16.3 Å². The summed E-state index contributed by atoms with van der Waals surface area (Å²) in [7, 11) is 0. The van der Waals surface area contributed by atoms with E-state index >= 15 is 0 Å². The number of nitrogens with zero attached hydrogens (tertiary/aromatic N) is 2. The monoisotopic (exact) mass is 368 g/mol. The van der Waals surface area contributed by atoms with Crippen LogP contribution in [0.4, 0.5) is 5.69 Å². The van der Waals surface area contributed by atoms with Crippen molar-refractivity contribution >= 4 is 23.5 Å². The Balaban J connectivity index is 1.69. The third-order valence-electron chi connectivity index (χ3n) is 3.62. The van der Waals surface area contributed by atoms with Crippen molar-refractivity contribution in [2.24, 2.45) is 5.10 Å². The zero-order valence-electron chi connectivity index (χ0n) is 14.1. The third-order valence-corrected chi connectivity index (χ3v) is 3.99. The van der Waals surface area contributed by atoms with Crippen molar-refractivity contribution in [1.82, 2.24) is 10.2 Å². The van der Waals surface area contributed by atoms with Crippen LogP contribution in [-0.4, -0.2) is 16.4 Å². The Morgan fingerprint density at radius 1 is 1.23 bits per heavy atom. The fourth-order valence-electron chi connectivity index (χ4n) is 2.20. The van der Waals surface area contributed by atoms with Gasteiger partial charge in [0, 0.05) is 5.56 Å². The second-order valence-corrected chi connectivity index (χ2v) is 5.99. The van der Waals surface area contributed by atoms with E-state index in [1.807, 2.05) is 43.3 Å². The molecule has 3 rings (SSSR count). The number of nitrogens with one attached hydrogen (secondary N) is 2. The summed E-state index contributed by atoms with van der Waals surface area (Å²) in [4.78, 5) is 11.4. The second-order valence-electron chi connectivity index (χ2n) is 5.61. The number of H-pyrrole nitrogens is 1. The average molecular weight is 369 g/mol. The summed E-state index contributed by atoms with van der Waals surface area (Å²) in [5, 5.41) is 10.0. The normalized spacial score (nSPS) is 10.8. The lowest BCUT2D eigenvalue weighted by Gasteiger charge is -2.09. The fraction of sp³-hybridized carbons (Fsp3) is 0.105. The zero-order valence-corrected chi connectivity index (χ0v) is 14.8. The van der Waals surface area contributed by atoms with E-state index in [0.29, 0.717) is 18.0 Å². The molecule has 0 fully saturated rings. The largest absolute Gasteiger partial charge is 0.488 e. The minimum Gasteiger partial charge on any atom is -0.488 e. The fourth-order valence-corrected chi connectivity index (χ4v) is 2.33. The van der Waals surface area contributed by atoms with Gasteiger partial charge in [-0.1, -0.05) is 53.6 Å². The Labute approximate surface area is 155 Å². The molecule has 1 heterocycles. The van der Waals surface area contributed by atoms with Gasteiger partial charge in [-0.3, -0.25) is 10.2 Å². The first-order valence-electron chi connectivity index (χ1n) is 7.93. The van der Waals surface area contributed by atoms with Crippen LogP contribution in [-0.2, 0) is 6.61 Å². The molecule has 132 valence electrons. The second kappa shape index (κ2) is 8.31. The highest BCUT2D eigenvalue weighted by molar-refractivity contribution is 6.32. The van der Waals surface area contributed by atoms with Crippen LogP contribution in [0, 0.1) is 6.92 Å². The van der Waals surface area contributed by atoms with E-state index in [9.17, 15) is 4.79 Å². The Bertz CT molecular complexity index is 968. The van der Waals surface area contributed by atoms with Crippen LogP contribution < -0.4 is 15.7 Å². The number of hydrogen-bond acceptors (Lipinski definition) is 5. The standard InChI is InChI=1S/C19H17ClN4O2/c1-13-6-8-14(9-7-13)12-26-17-5-3-2-4-15(17)10-21-23-16-11-22-24-19(25)18(16)20/h2-11H,12H2,1H3,(H2,23,24,25)/b21-10+. The summed E-state index contributed by atoms with van der Waals surface area (Å²) in [6.07, 6.45) is 2.99. The molecule has 0 unspecified atom stereocenters. The van der Waals surface area contributed by atoms with Gasteiger partial charge in [-0.05, 0) is 24.6 Å². The van der Waals surface area contributed by atoms with Gasteiger partial charge in [0.25, 0.3) is 5.56 Å². The molecule has 6 nitrogen and oxygen atoms in total. The van der Waals surface area contributed by atoms with Gasteiger partial charge in [-0.15, -0.1) is 0 Å². The Hall–Kier alpha value is -3.12. The molecule has 0 aliphatic carbocycles. The average Bonchev–Trinajstić information content (AvgIpc) is 2.65. The molecule has 0 saturated carbocycles. The number of rotatable bonds is 6. The SMILES string of the molecule is Cc1ccc(COc2ccccc2/C=N/Nc2cn[nH]c(=O)c2Cl)cc1. The van der Waals surface area contributed by atoms with E-state index in [-0.39, 0.29) is 5.02 Å². The van der Waals surface area contributed by atoms with Gasteiger partial charge in [-0.25, -0.2) is 5.10 Å². The molecule has 2 aromatic carbocycles. The molecule has 2 N–H and O–H groups in total. The van der Waals surface area contributed by atoms with Crippen LogP contribution in [0.1, 0.15) is 16.7 Å². The van der Waals surface area contributed by atoms with Crippen molar-refractivity contribution in [3.8, 4) is 5.75 Å². The molecule has 0 aliphatic rings. The minimum atomic E-state index is -0.478. The quantitative estimate of drug-likeness (QED) is 0.513. The van der Waals surface area contributed by atoms with Gasteiger partial charge in [0.05, 0.1) is 12.4 Å². The van der Waals surface area contributed by atoms with Gasteiger partial charge in [0.2, 0.25) is 0 Å². The number of para-hydroxylation sites is 1. The molecule has 7 heteroatoms. The maximum Gasteiger partial charge on any atom is 0.285 e. The van der Waals surface area contributed by atoms with Crippen molar-refractivity contribution in [3.63, 3.8) is 0 Å². The van der Waals surface area contributed by atoms with Crippen LogP contribution in [0.25, 0.3) is 0 Å². The lowest BCUT2D eigenvalue weighted by atomic mass is 10.1. The van der Waals surface area contributed by atoms with Crippen LogP contribution in [0.15, 0.2) is 64.6 Å². The number of aromatic nitrogens is 2. The van der Waals surface area contributed by atoms with Gasteiger partial charge in [0.15, 0.2) is 0 Å². The number of hydrogen-bond donors (Lipinski definition) is 2. The van der Waals surface area contributed by atoms with E-state index in [2.05, 4.69) is 32.9 Å². The van der Waals surface area contributed by atoms with Gasteiger partial charge >= 0.3 is 0 Å². The van der Waals surface area contributed by atoms with E-state index < -0.39 is 5.56 Å². The maximum absolute atomic E-state index is 11.4. The van der Waals surface area contributed by atoms with E-state index in [1.165, 1.54) is 11.8 Å². The summed E-state index contributed by atoms with van der Waals surface area (Å²) < 4.78 is 5.90. The van der Waals surface area contributed by atoms with Crippen LogP contribution >= 0.6 is 11.6 Å². The first kappa shape index (κ1) is 17.7. The molecular weight excluding hydrogens is 352 g/mol. The number of hydrazone groups is 1. The van der Waals surface area contributed by atoms with Crippen molar-refractivity contribution in [2.75, 3.05) is 5.43 Å². The predicted molar refractivity (Wildman–Crippen MR) is 103 cm³/mol. The number of benzene rings is 2. The first-order valence-corrected chi connectivity index (χ1v) is 8.31. The van der Waals surface area contributed by atoms with Crippen LogP contribution in [0.5, 0.6) is 5.75 Å². The van der Waals surface area contributed by atoms with Crippen molar-refractivity contribution < 1.29 is 4.74 Å². The molecular formula is C19H17ClN4O2. The number of aromatic amines is 1.